The second kappa shape index (κ2) is 6.33. The van der Waals surface area contributed by atoms with Crippen molar-refractivity contribution in [3.8, 4) is 0 Å². The summed E-state index contributed by atoms with van der Waals surface area (Å²) in [5.41, 5.74) is 2.86. The van der Waals surface area contributed by atoms with Crippen molar-refractivity contribution in [2.45, 2.75) is 32.0 Å². The molecule has 0 unspecified atom stereocenters. The fourth-order valence-electron chi connectivity index (χ4n) is 3.48. The fourth-order valence-corrected chi connectivity index (χ4v) is 3.48. The van der Waals surface area contributed by atoms with Crippen molar-refractivity contribution >= 4 is 16.9 Å². The van der Waals surface area contributed by atoms with Crippen LogP contribution in [0, 0.1) is 6.92 Å². The predicted octanol–water partition coefficient (Wildman–Crippen LogP) is 1.72. The van der Waals surface area contributed by atoms with E-state index in [1.54, 1.807) is 10.9 Å². The highest BCUT2D eigenvalue weighted by Gasteiger charge is 2.32. The Balaban J connectivity index is 1.50. The van der Waals surface area contributed by atoms with Crippen LogP contribution in [0.15, 0.2) is 36.5 Å². The molecule has 1 N–H and O–H groups in total. The third kappa shape index (κ3) is 2.91. The standard InChI is InChI=1S/C18H21N5O2/c1-12-20-13-5-3-4-6-15(13)23(12)11-17(24)21-14-8-10-25-18(14)16-7-9-19-22(16)2/h3-7,9,14,18H,8,10-11H2,1-2H3,(H,21,24)/t14-,18-/m0/s1. The van der Waals surface area contributed by atoms with Gasteiger partial charge in [-0.25, -0.2) is 4.98 Å². The van der Waals surface area contributed by atoms with Gasteiger partial charge < -0.3 is 14.6 Å². The number of nitrogens with zero attached hydrogens (tertiary/aromatic N) is 4. The first-order valence-electron chi connectivity index (χ1n) is 8.44. The van der Waals surface area contributed by atoms with Gasteiger partial charge in [0, 0.05) is 19.9 Å². The number of para-hydroxylation sites is 2. The molecule has 1 amide bonds. The van der Waals surface area contributed by atoms with Crippen LogP contribution in [0.1, 0.15) is 24.0 Å². The van der Waals surface area contributed by atoms with Crippen LogP contribution < -0.4 is 5.32 Å². The van der Waals surface area contributed by atoms with Gasteiger partial charge in [0.2, 0.25) is 5.91 Å². The molecule has 1 saturated heterocycles. The summed E-state index contributed by atoms with van der Waals surface area (Å²) in [5.74, 6) is 0.802. The smallest absolute Gasteiger partial charge is 0.240 e. The second-order valence-electron chi connectivity index (χ2n) is 6.37. The lowest BCUT2D eigenvalue weighted by atomic mass is 10.1. The number of aromatic nitrogens is 4. The van der Waals surface area contributed by atoms with Crippen LogP contribution in [-0.4, -0.2) is 37.9 Å². The lowest BCUT2D eigenvalue weighted by molar-refractivity contribution is -0.122. The van der Waals surface area contributed by atoms with Gasteiger partial charge in [-0.2, -0.15) is 5.10 Å². The minimum Gasteiger partial charge on any atom is -0.370 e. The molecule has 3 aromatic rings. The summed E-state index contributed by atoms with van der Waals surface area (Å²) in [6, 6.07) is 9.75. The van der Waals surface area contributed by atoms with Gasteiger partial charge in [0.1, 0.15) is 18.5 Å². The monoisotopic (exact) mass is 339 g/mol. The zero-order chi connectivity index (χ0) is 17.4. The van der Waals surface area contributed by atoms with E-state index in [1.165, 1.54) is 0 Å². The Kier molecular flexibility index (Phi) is 4.01. The van der Waals surface area contributed by atoms with Gasteiger partial charge in [-0.05, 0) is 31.5 Å². The zero-order valence-corrected chi connectivity index (χ0v) is 14.3. The van der Waals surface area contributed by atoms with E-state index in [-0.39, 0.29) is 24.6 Å². The van der Waals surface area contributed by atoms with E-state index in [0.29, 0.717) is 6.61 Å². The van der Waals surface area contributed by atoms with Gasteiger partial charge in [0.25, 0.3) is 0 Å². The Hall–Kier alpha value is -2.67. The van der Waals surface area contributed by atoms with E-state index in [0.717, 1.165) is 29.0 Å². The van der Waals surface area contributed by atoms with Crippen LogP contribution in [0.25, 0.3) is 11.0 Å². The van der Waals surface area contributed by atoms with Crippen LogP contribution in [0.4, 0.5) is 0 Å². The number of carbonyl (C=O) groups excluding carboxylic acids is 1. The first-order chi connectivity index (χ1) is 12.1. The van der Waals surface area contributed by atoms with Crippen molar-refractivity contribution in [3.63, 3.8) is 0 Å². The molecule has 0 saturated carbocycles. The summed E-state index contributed by atoms with van der Waals surface area (Å²) in [6.07, 6.45) is 2.39. The summed E-state index contributed by atoms with van der Waals surface area (Å²) in [5, 5.41) is 7.31. The highest BCUT2D eigenvalue weighted by Crippen LogP contribution is 2.28. The molecule has 25 heavy (non-hydrogen) atoms. The van der Waals surface area contributed by atoms with E-state index in [1.807, 2.05) is 48.9 Å². The van der Waals surface area contributed by atoms with Gasteiger partial charge in [-0.1, -0.05) is 12.1 Å². The van der Waals surface area contributed by atoms with Crippen molar-refractivity contribution in [2.75, 3.05) is 6.61 Å². The third-order valence-electron chi connectivity index (χ3n) is 4.74. The van der Waals surface area contributed by atoms with E-state index in [4.69, 9.17) is 4.74 Å². The molecule has 130 valence electrons. The quantitative estimate of drug-likeness (QED) is 0.785. The van der Waals surface area contributed by atoms with E-state index >= 15 is 0 Å². The molecule has 3 heterocycles. The summed E-state index contributed by atoms with van der Waals surface area (Å²) < 4.78 is 9.56. The molecule has 0 radical (unpaired) electrons. The number of amides is 1. The highest BCUT2D eigenvalue weighted by atomic mass is 16.5. The van der Waals surface area contributed by atoms with Gasteiger partial charge in [-0.15, -0.1) is 0 Å². The van der Waals surface area contributed by atoms with Gasteiger partial charge in [-0.3, -0.25) is 9.48 Å². The van der Waals surface area contributed by atoms with E-state index in [9.17, 15) is 4.79 Å². The molecule has 7 heteroatoms. The molecular weight excluding hydrogens is 318 g/mol. The molecule has 2 aromatic heterocycles. The average Bonchev–Trinajstić information content (AvgIpc) is 3.28. The summed E-state index contributed by atoms with van der Waals surface area (Å²) in [4.78, 5) is 17.1. The number of hydrogen-bond donors (Lipinski definition) is 1. The number of imidazole rings is 1. The Morgan fingerprint density at radius 1 is 1.36 bits per heavy atom. The SMILES string of the molecule is Cc1nc2ccccc2n1CC(=O)N[C@H]1CCO[C@@H]1c1ccnn1C. The van der Waals surface area contributed by atoms with Crippen molar-refractivity contribution in [2.24, 2.45) is 7.05 Å². The Labute approximate surface area is 145 Å². The normalized spacial score (nSPS) is 20.2. The Bertz CT molecular complexity index is 913. The van der Waals surface area contributed by atoms with Crippen LogP contribution in [-0.2, 0) is 23.1 Å². The van der Waals surface area contributed by atoms with Crippen LogP contribution in [0.3, 0.4) is 0 Å². The molecule has 0 spiro atoms. The minimum atomic E-state index is -0.155. The zero-order valence-electron chi connectivity index (χ0n) is 14.3. The van der Waals surface area contributed by atoms with Crippen molar-refractivity contribution in [3.05, 3.63) is 48.0 Å². The Morgan fingerprint density at radius 3 is 3.00 bits per heavy atom. The summed E-state index contributed by atoms with van der Waals surface area (Å²) >= 11 is 0. The number of fused-ring (bicyclic) bond motifs is 1. The maximum Gasteiger partial charge on any atom is 0.240 e. The predicted molar refractivity (Wildman–Crippen MR) is 92.9 cm³/mol. The molecule has 1 aromatic carbocycles. The van der Waals surface area contributed by atoms with Crippen LogP contribution in [0.5, 0.6) is 0 Å². The van der Waals surface area contributed by atoms with Gasteiger partial charge in [0.15, 0.2) is 0 Å². The van der Waals surface area contributed by atoms with Gasteiger partial charge >= 0.3 is 0 Å². The number of aryl methyl sites for hydroxylation is 2. The number of carbonyl (C=O) groups is 1. The van der Waals surface area contributed by atoms with E-state index < -0.39 is 0 Å². The molecule has 1 aliphatic rings. The second-order valence-corrected chi connectivity index (χ2v) is 6.37. The molecule has 2 atom stereocenters. The largest absolute Gasteiger partial charge is 0.370 e. The maximum absolute atomic E-state index is 12.6. The molecule has 7 nitrogen and oxygen atoms in total. The maximum atomic E-state index is 12.6. The Morgan fingerprint density at radius 2 is 2.20 bits per heavy atom. The molecule has 1 fully saturated rings. The highest BCUT2D eigenvalue weighted by molar-refractivity contribution is 5.81. The first kappa shape index (κ1) is 15.8. The van der Waals surface area contributed by atoms with Crippen LogP contribution >= 0.6 is 0 Å². The van der Waals surface area contributed by atoms with Crippen molar-refractivity contribution in [1.29, 1.82) is 0 Å². The lowest BCUT2D eigenvalue weighted by Crippen LogP contribution is -2.39. The third-order valence-corrected chi connectivity index (χ3v) is 4.74. The molecule has 0 aliphatic carbocycles. The summed E-state index contributed by atoms with van der Waals surface area (Å²) in [7, 11) is 1.89. The number of rotatable bonds is 4. The minimum absolute atomic E-state index is 0.0334. The molecule has 0 bridgehead atoms. The topological polar surface area (TPSA) is 74.0 Å². The first-order valence-corrected chi connectivity index (χ1v) is 8.44. The number of ether oxygens (including phenoxy) is 1. The number of benzene rings is 1. The lowest BCUT2D eigenvalue weighted by Gasteiger charge is -2.20. The molecule has 4 rings (SSSR count). The summed E-state index contributed by atoms with van der Waals surface area (Å²) in [6.45, 7) is 2.80. The number of nitrogens with one attached hydrogen (secondary N) is 1. The average molecular weight is 339 g/mol. The molecular formula is C18H21N5O2. The van der Waals surface area contributed by atoms with E-state index in [2.05, 4.69) is 15.4 Å². The van der Waals surface area contributed by atoms with Gasteiger partial charge in [0.05, 0.1) is 22.8 Å². The molecule has 1 aliphatic heterocycles. The van der Waals surface area contributed by atoms with Crippen LogP contribution in [0.2, 0.25) is 0 Å². The number of hydrogen-bond acceptors (Lipinski definition) is 4. The van der Waals surface area contributed by atoms with Crippen molar-refractivity contribution < 1.29 is 9.53 Å². The fraction of sp³-hybridized carbons (Fsp3) is 0.389. The van der Waals surface area contributed by atoms with Crippen molar-refractivity contribution in [1.82, 2.24) is 24.6 Å².